The fourth-order valence-corrected chi connectivity index (χ4v) is 3.79. The molecule has 1 aromatic heterocycles. The van der Waals surface area contributed by atoms with Crippen LogP contribution in [0.5, 0.6) is 0 Å². The SMILES string of the molecule is CCc1cnc(CN2CC(C(C)CC)NCC2CC)s1. The molecule has 3 atom stereocenters. The lowest BCUT2D eigenvalue weighted by molar-refractivity contribution is 0.0992. The van der Waals surface area contributed by atoms with Crippen molar-refractivity contribution >= 4 is 11.3 Å². The zero-order chi connectivity index (χ0) is 14.5. The molecule has 1 N–H and O–H groups in total. The highest BCUT2D eigenvalue weighted by Gasteiger charge is 2.29. The predicted molar refractivity (Wildman–Crippen MR) is 87.2 cm³/mol. The number of thiazole rings is 1. The van der Waals surface area contributed by atoms with Gasteiger partial charge in [-0.3, -0.25) is 4.90 Å². The third-order valence-corrected chi connectivity index (χ3v) is 5.78. The van der Waals surface area contributed by atoms with Crippen molar-refractivity contribution in [2.45, 2.75) is 65.6 Å². The van der Waals surface area contributed by atoms with E-state index in [4.69, 9.17) is 0 Å². The monoisotopic (exact) mass is 295 g/mol. The van der Waals surface area contributed by atoms with E-state index in [1.54, 1.807) is 0 Å². The second-order valence-corrected chi connectivity index (χ2v) is 7.17. The summed E-state index contributed by atoms with van der Waals surface area (Å²) >= 11 is 1.88. The van der Waals surface area contributed by atoms with Crippen LogP contribution < -0.4 is 5.32 Å². The Morgan fingerprint density at radius 3 is 2.85 bits per heavy atom. The number of nitrogens with one attached hydrogen (secondary N) is 1. The largest absolute Gasteiger partial charge is 0.311 e. The molecule has 1 fully saturated rings. The number of nitrogens with zero attached hydrogens (tertiary/aromatic N) is 2. The summed E-state index contributed by atoms with van der Waals surface area (Å²) in [6.07, 6.45) is 5.62. The number of rotatable bonds is 6. The first-order valence-corrected chi connectivity index (χ1v) is 8.90. The van der Waals surface area contributed by atoms with Crippen molar-refractivity contribution in [2.75, 3.05) is 13.1 Å². The molecule has 3 nitrogen and oxygen atoms in total. The summed E-state index contributed by atoms with van der Waals surface area (Å²) < 4.78 is 0. The molecule has 2 heterocycles. The summed E-state index contributed by atoms with van der Waals surface area (Å²) in [5, 5.41) is 5.03. The van der Waals surface area contributed by atoms with Gasteiger partial charge in [0.2, 0.25) is 0 Å². The van der Waals surface area contributed by atoms with Crippen molar-refractivity contribution in [1.29, 1.82) is 0 Å². The first kappa shape index (κ1) is 15.9. The summed E-state index contributed by atoms with van der Waals surface area (Å²) in [6.45, 7) is 12.5. The molecular weight excluding hydrogens is 266 g/mol. The van der Waals surface area contributed by atoms with E-state index in [-0.39, 0.29) is 0 Å². The second-order valence-electron chi connectivity index (χ2n) is 5.97. The van der Waals surface area contributed by atoms with Crippen LogP contribution >= 0.6 is 11.3 Å². The normalized spacial score (nSPS) is 25.8. The van der Waals surface area contributed by atoms with E-state index in [2.05, 4.69) is 49.1 Å². The molecule has 0 aromatic carbocycles. The molecule has 2 rings (SSSR count). The molecule has 0 spiro atoms. The van der Waals surface area contributed by atoms with Gasteiger partial charge in [-0.05, 0) is 18.8 Å². The van der Waals surface area contributed by atoms with Crippen LogP contribution in [0.4, 0.5) is 0 Å². The van der Waals surface area contributed by atoms with Crippen LogP contribution in [0, 0.1) is 5.92 Å². The van der Waals surface area contributed by atoms with E-state index in [0.717, 1.165) is 32.0 Å². The number of aryl methyl sites for hydroxylation is 1. The molecule has 114 valence electrons. The van der Waals surface area contributed by atoms with E-state index >= 15 is 0 Å². The van der Waals surface area contributed by atoms with Crippen molar-refractivity contribution < 1.29 is 0 Å². The van der Waals surface area contributed by atoms with Crippen molar-refractivity contribution in [3.05, 3.63) is 16.1 Å². The third-order valence-electron chi connectivity index (χ3n) is 4.65. The first-order valence-electron chi connectivity index (χ1n) is 8.08. The van der Waals surface area contributed by atoms with Crippen LogP contribution in [0.3, 0.4) is 0 Å². The maximum Gasteiger partial charge on any atom is 0.107 e. The number of hydrogen-bond donors (Lipinski definition) is 1. The molecule has 4 heteroatoms. The highest BCUT2D eigenvalue weighted by Crippen LogP contribution is 2.22. The standard InChI is InChI=1S/C16H29N3S/c1-5-12(4)15-10-19(13(6-2)8-17-15)11-16-18-9-14(7-3)20-16/h9,12-13,15,17H,5-8,10-11H2,1-4H3. The Bertz CT molecular complexity index is 404. The van der Waals surface area contributed by atoms with Crippen molar-refractivity contribution in [2.24, 2.45) is 5.92 Å². The highest BCUT2D eigenvalue weighted by atomic mass is 32.1. The van der Waals surface area contributed by atoms with Gasteiger partial charge >= 0.3 is 0 Å². The van der Waals surface area contributed by atoms with Gasteiger partial charge in [-0.2, -0.15) is 0 Å². The molecule has 0 amide bonds. The average Bonchev–Trinajstić information content (AvgIpc) is 2.94. The van der Waals surface area contributed by atoms with Gasteiger partial charge in [0.25, 0.3) is 0 Å². The molecule has 0 radical (unpaired) electrons. The summed E-state index contributed by atoms with van der Waals surface area (Å²) in [4.78, 5) is 8.65. The zero-order valence-corrected chi connectivity index (χ0v) is 14.2. The summed E-state index contributed by atoms with van der Waals surface area (Å²) in [5.41, 5.74) is 0. The van der Waals surface area contributed by atoms with Crippen LogP contribution in [0.15, 0.2) is 6.20 Å². The zero-order valence-electron chi connectivity index (χ0n) is 13.4. The second kappa shape index (κ2) is 7.53. The molecule has 3 unspecified atom stereocenters. The lowest BCUT2D eigenvalue weighted by atomic mass is 9.95. The summed E-state index contributed by atoms with van der Waals surface area (Å²) in [7, 11) is 0. The number of aromatic nitrogens is 1. The lowest BCUT2D eigenvalue weighted by Gasteiger charge is -2.41. The van der Waals surface area contributed by atoms with Crippen LogP contribution in [0.2, 0.25) is 0 Å². The van der Waals surface area contributed by atoms with E-state index in [0.29, 0.717) is 12.1 Å². The van der Waals surface area contributed by atoms with Gasteiger partial charge in [0.05, 0.1) is 6.54 Å². The number of piperazine rings is 1. The average molecular weight is 295 g/mol. The van der Waals surface area contributed by atoms with Crippen molar-refractivity contribution in [1.82, 2.24) is 15.2 Å². The Morgan fingerprint density at radius 1 is 1.45 bits per heavy atom. The molecular formula is C16H29N3S. The molecule has 0 saturated carbocycles. The lowest BCUT2D eigenvalue weighted by Crippen LogP contribution is -2.57. The van der Waals surface area contributed by atoms with E-state index in [1.165, 1.54) is 22.7 Å². The predicted octanol–water partition coefficient (Wildman–Crippen LogP) is 3.30. The minimum Gasteiger partial charge on any atom is -0.311 e. The minimum absolute atomic E-state index is 0.633. The van der Waals surface area contributed by atoms with Crippen LogP contribution in [-0.4, -0.2) is 35.1 Å². The van der Waals surface area contributed by atoms with Gasteiger partial charge in [-0.1, -0.05) is 34.1 Å². The van der Waals surface area contributed by atoms with Crippen LogP contribution in [-0.2, 0) is 13.0 Å². The van der Waals surface area contributed by atoms with Gasteiger partial charge in [0.1, 0.15) is 5.01 Å². The maximum atomic E-state index is 4.60. The van der Waals surface area contributed by atoms with Crippen molar-refractivity contribution in [3.63, 3.8) is 0 Å². The van der Waals surface area contributed by atoms with Gasteiger partial charge < -0.3 is 5.32 Å². The molecule has 1 aromatic rings. The fourth-order valence-electron chi connectivity index (χ4n) is 2.90. The van der Waals surface area contributed by atoms with Gasteiger partial charge in [0, 0.05) is 36.2 Å². The van der Waals surface area contributed by atoms with E-state index < -0.39 is 0 Å². The maximum absolute atomic E-state index is 4.60. The molecule has 1 saturated heterocycles. The molecule has 1 aliphatic heterocycles. The van der Waals surface area contributed by atoms with E-state index in [9.17, 15) is 0 Å². The topological polar surface area (TPSA) is 28.2 Å². The highest BCUT2D eigenvalue weighted by molar-refractivity contribution is 7.11. The Morgan fingerprint density at radius 2 is 2.25 bits per heavy atom. The fraction of sp³-hybridized carbons (Fsp3) is 0.812. The number of hydrogen-bond acceptors (Lipinski definition) is 4. The van der Waals surface area contributed by atoms with Gasteiger partial charge in [0.15, 0.2) is 0 Å². The molecule has 0 bridgehead atoms. The molecule has 20 heavy (non-hydrogen) atoms. The van der Waals surface area contributed by atoms with E-state index in [1.807, 2.05) is 11.3 Å². The summed E-state index contributed by atoms with van der Waals surface area (Å²) in [5.74, 6) is 0.748. The third kappa shape index (κ3) is 3.80. The quantitative estimate of drug-likeness (QED) is 0.873. The Labute approximate surface area is 127 Å². The minimum atomic E-state index is 0.633. The Balaban J connectivity index is 2.01. The van der Waals surface area contributed by atoms with Crippen molar-refractivity contribution in [3.8, 4) is 0 Å². The Hall–Kier alpha value is -0.450. The van der Waals surface area contributed by atoms with Gasteiger partial charge in [-0.25, -0.2) is 4.98 Å². The van der Waals surface area contributed by atoms with Crippen LogP contribution in [0.1, 0.15) is 50.4 Å². The van der Waals surface area contributed by atoms with Crippen LogP contribution in [0.25, 0.3) is 0 Å². The first-order chi connectivity index (χ1) is 9.67. The summed E-state index contributed by atoms with van der Waals surface area (Å²) in [6, 6.07) is 1.29. The Kier molecular flexibility index (Phi) is 6.00. The van der Waals surface area contributed by atoms with Gasteiger partial charge in [-0.15, -0.1) is 11.3 Å². The smallest absolute Gasteiger partial charge is 0.107 e. The molecule has 1 aliphatic rings. The molecule has 0 aliphatic carbocycles.